The van der Waals surface area contributed by atoms with E-state index in [-0.39, 0.29) is 6.61 Å². The van der Waals surface area contributed by atoms with Crippen LogP contribution in [0.2, 0.25) is 0 Å². The number of fused-ring (bicyclic) bond motifs is 1. The standard InChI is InChI=1S/C20H15NO5S/c1-23-13-4-2-5-14(10-13)24-12-17-16-8-7-15(11-18(16)26-21-17)25-20(22)19-6-3-9-27-19/h2-11H,12H2,1H3. The van der Waals surface area contributed by atoms with Crippen molar-refractivity contribution in [3.8, 4) is 17.2 Å². The van der Waals surface area contributed by atoms with Gasteiger partial charge in [-0.2, -0.15) is 0 Å². The highest BCUT2D eigenvalue weighted by Gasteiger charge is 2.13. The molecule has 0 fully saturated rings. The number of carbonyl (C=O) groups is 1. The zero-order valence-corrected chi connectivity index (χ0v) is 15.2. The Balaban J connectivity index is 1.48. The molecule has 2 heterocycles. The van der Waals surface area contributed by atoms with Crippen LogP contribution in [0.4, 0.5) is 0 Å². The maximum atomic E-state index is 12.0. The number of aromatic nitrogens is 1. The molecule has 0 atom stereocenters. The van der Waals surface area contributed by atoms with Crippen molar-refractivity contribution < 1.29 is 23.5 Å². The van der Waals surface area contributed by atoms with Gasteiger partial charge in [0.15, 0.2) is 5.58 Å². The Morgan fingerprint density at radius 3 is 2.78 bits per heavy atom. The van der Waals surface area contributed by atoms with E-state index in [1.54, 1.807) is 43.5 Å². The minimum absolute atomic E-state index is 0.245. The zero-order valence-electron chi connectivity index (χ0n) is 14.4. The van der Waals surface area contributed by atoms with Gasteiger partial charge >= 0.3 is 5.97 Å². The van der Waals surface area contributed by atoms with E-state index in [0.717, 1.165) is 11.1 Å². The number of hydrogen-bond acceptors (Lipinski definition) is 7. The van der Waals surface area contributed by atoms with E-state index in [1.165, 1.54) is 11.3 Å². The summed E-state index contributed by atoms with van der Waals surface area (Å²) in [4.78, 5) is 12.6. The van der Waals surface area contributed by atoms with Gasteiger partial charge in [0.1, 0.15) is 34.4 Å². The molecule has 2 aromatic heterocycles. The lowest BCUT2D eigenvalue weighted by Crippen LogP contribution is -2.06. The molecule has 0 unspecified atom stereocenters. The smallest absolute Gasteiger partial charge is 0.353 e. The van der Waals surface area contributed by atoms with Gasteiger partial charge in [-0.1, -0.05) is 17.3 Å². The second-order valence-electron chi connectivity index (χ2n) is 5.62. The summed E-state index contributed by atoms with van der Waals surface area (Å²) >= 11 is 1.33. The fraction of sp³-hybridized carbons (Fsp3) is 0.100. The summed E-state index contributed by atoms with van der Waals surface area (Å²) in [5.74, 6) is 1.39. The second kappa shape index (κ2) is 7.51. The third-order valence-corrected chi connectivity index (χ3v) is 4.72. The number of benzene rings is 2. The maximum absolute atomic E-state index is 12.0. The second-order valence-corrected chi connectivity index (χ2v) is 6.57. The van der Waals surface area contributed by atoms with E-state index in [2.05, 4.69) is 5.16 Å². The van der Waals surface area contributed by atoms with Gasteiger partial charge in [-0.3, -0.25) is 0 Å². The lowest BCUT2D eigenvalue weighted by Gasteiger charge is -2.06. The lowest BCUT2D eigenvalue weighted by molar-refractivity contribution is 0.0740. The van der Waals surface area contributed by atoms with Gasteiger partial charge in [-0.05, 0) is 35.7 Å². The van der Waals surface area contributed by atoms with Crippen molar-refractivity contribution >= 4 is 28.3 Å². The van der Waals surface area contributed by atoms with Crippen LogP contribution in [0.25, 0.3) is 11.0 Å². The highest BCUT2D eigenvalue weighted by atomic mass is 32.1. The molecule has 2 aromatic carbocycles. The summed E-state index contributed by atoms with van der Waals surface area (Å²) in [7, 11) is 1.60. The van der Waals surface area contributed by atoms with Crippen LogP contribution in [0.3, 0.4) is 0 Å². The Bertz CT molecular complexity index is 1070. The minimum atomic E-state index is -0.398. The average molecular weight is 381 g/mol. The van der Waals surface area contributed by atoms with Crippen molar-refractivity contribution in [2.75, 3.05) is 7.11 Å². The number of rotatable bonds is 6. The Kier molecular flexibility index (Phi) is 4.76. The third kappa shape index (κ3) is 3.78. The molecule has 0 N–H and O–H groups in total. The molecule has 0 bridgehead atoms. The summed E-state index contributed by atoms with van der Waals surface area (Å²) in [6.45, 7) is 0.245. The van der Waals surface area contributed by atoms with Crippen LogP contribution < -0.4 is 14.2 Å². The monoisotopic (exact) mass is 381 g/mol. The molecule has 0 radical (unpaired) electrons. The van der Waals surface area contributed by atoms with Crippen LogP contribution in [-0.2, 0) is 6.61 Å². The van der Waals surface area contributed by atoms with E-state index >= 15 is 0 Å². The molecule has 0 aliphatic heterocycles. The fourth-order valence-corrected chi connectivity index (χ4v) is 3.13. The summed E-state index contributed by atoms with van der Waals surface area (Å²) in [5, 5.41) is 6.68. The van der Waals surface area contributed by atoms with Crippen molar-refractivity contribution in [2.24, 2.45) is 0 Å². The number of methoxy groups -OCH3 is 1. The Morgan fingerprint density at radius 1 is 1.07 bits per heavy atom. The van der Waals surface area contributed by atoms with E-state index in [4.69, 9.17) is 18.7 Å². The van der Waals surface area contributed by atoms with Gasteiger partial charge in [0.05, 0.1) is 7.11 Å². The molecule has 7 heteroatoms. The fourth-order valence-electron chi connectivity index (χ4n) is 2.53. The van der Waals surface area contributed by atoms with Crippen molar-refractivity contribution in [1.29, 1.82) is 0 Å². The summed E-state index contributed by atoms with van der Waals surface area (Å²) < 4.78 is 21.7. The molecule has 0 aliphatic rings. The van der Waals surface area contributed by atoms with E-state index in [1.807, 2.05) is 23.6 Å². The number of thiophene rings is 1. The molecule has 4 aromatic rings. The molecule has 0 saturated heterocycles. The van der Waals surface area contributed by atoms with Crippen molar-refractivity contribution in [2.45, 2.75) is 6.61 Å². The first kappa shape index (κ1) is 17.1. The highest BCUT2D eigenvalue weighted by Crippen LogP contribution is 2.26. The van der Waals surface area contributed by atoms with Crippen LogP contribution in [-0.4, -0.2) is 18.2 Å². The first-order chi connectivity index (χ1) is 13.2. The van der Waals surface area contributed by atoms with Gasteiger partial charge < -0.3 is 18.7 Å². The largest absolute Gasteiger partial charge is 0.497 e. The third-order valence-electron chi connectivity index (χ3n) is 3.87. The highest BCUT2D eigenvalue weighted by molar-refractivity contribution is 7.12. The van der Waals surface area contributed by atoms with E-state index in [0.29, 0.717) is 27.7 Å². The number of ether oxygens (including phenoxy) is 3. The van der Waals surface area contributed by atoms with Crippen molar-refractivity contribution in [3.05, 3.63) is 70.5 Å². The molecule has 0 aliphatic carbocycles. The maximum Gasteiger partial charge on any atom is 0.353 e. The van der Waals surface area contributed by atoms with Gasteiger partial charge in [-0.25, -0.2) is 4.79 Å². The molecule has 136 valence electrons. The molecule has 0 spiro atoms. The molecular formula is C20H15NO5S. The first-order valence-corrected chi connectivity index (χ1v) is 9.02. The van der Waals surface area contributed by atoms with Crippen molar-refractivity contribution in [1.82, 2.24) is 5.16 Å². The van der Waals surface area contributed by atoms with Gasteiger partial charge in [0, 0.05) is 17.5 Å². The van der Waals surface area contributed by atoms with Gasteiger partial charge in [0.2, 0.25) is 0 Å². The lowest BCUT2D eigenvalue weighted by atomic mass is 10.2. The number of esters is 1. The van der Waals surface area contributed by atoms with Crippen LogP contribution in [0.15, 0.2) is 64.5 Å². The predicted octanol–water partition coefficient (Wildman–Crippen LogP) is 4.70. The Hall–Kier alpha value is -3.32. The number of hydrogen-bond donors (Lipinski definition) is 0. The molecule has 4 rings (SSSR count). The molecular weight excluding hydrogens is 366 g/mol. The van der Waals surface area contributed by atoms with Crippen LogP contribution >= 0.6 is 11.3 Å². The topological polar surface area (TPSA) is 70.8 Å². The Labute approximate surface area is 158 Å². The first-order valence-electron chi connectivity index (χ1n) is 8.14. The molecule has 27 heavy (non-hydrogen) atoms. The predicted molar refractivity (Wildman–Crippen MR) is 101 cm³/mol. The quantitative estimate of drug-likeness (QED) is 0.356. The van der Waals surface area contributed by atoms with Crippen LogP contribution in [0.1, 0.15) is 15.4 Å². The van der Waals surface area contributed by atoms with Crippen molar-refractivity contribution in [3.63, 3.8) is 0 Å². The summed E-state index contributed by atoms with van der Waals surface area (Å²) in [6, 6.07) is 16.0. The molecule has 0 saturated carbocycles. The minimum Gasteiger partial charge on any atom is -0.497 e. The average Bonchev–Trinajstić information content (AvgIpc) is 3.36. The Morgan fingerprint density at radius 2 is 1.96 bits per heavy atom. The van der Waals surface area contributed by atoms with Crippen LogP contribution in [0, 0.1) is 0 Å². The van der Waals surface area contributed by atoms with E-state index < -0.39 is 5.97 Å². The normalized spacial score (nSPS) is 10.7. The van der Waals surface area contributed by atoms with Gasteiger partial charge in [-0.15, -0.1) is 11.3 Å². The zero-order chi connectivity index (χ0) is 18.6. The van der Waals surface area contributed by atoms with Gasteiger partial charge in [0.25, 0.3) is 0 Å². The van der Waals surface area contributed by atoms with E-state index in [9.17, 15) is 4.79 Å². The number of carbonyl (C=O) groups excluding carboxylic acids is 1. The SMILES string of the molecule is COc1cccc(OCc2noc3cc(OC(=O)c4cccs4)ccc23)c1. The molecule has 6 nitrogen and oxygen atoms in total. The summed E-state index contributed by atoms with van der Waals surface area (Å²) in [5.41, 5.74) is 1.18. The summed E-state index contributed by atoms with van der Waals surface area (Å²) in [6.07, 6.45) is 0. The molecule has 0 amide bonds. The van der Waals surface area contributed by atoms with Crippen LogP contribution in [0.5, 0.6) is 17.2 Å². The number of nitrogens with zero attached hydrogens (tertiary/aromatic N) is 1.